The molecule has 0 heterocycles. The molecule has 15 nitrogen and oxygen atoms in total. The molecule has 0 radical (unpaired) electrons. The Morgan fingerprint density at radius 2 is 1.49 bits per heavy atom. The molecule has 0 unspecified atom stereocenters. The van der Waals surface area contributed by atoms with E-state index in [0.29, 0.717) is 11.1 Å². The molecule has 220 valence electrons. The summed E-state index contributed by atoms with van der Waals surface area (Å²) in [4.78, 5) is 59.5. The van der Waals surface area contributed by atoms with Crippen LogP contribution in [0.5, 0.6) is 5.75 Å². The number of guanidine groups is 1. The van der Waals surface area contributed by atoms with E-state index in [1.54, 1.807) is 42.5 Å². The van der Waals surface area contributed by atoms with E-state index < -0.39 is 59.2 Å². The molecule has 3 amide bonds. The van der Waals surface area contributed by atoms with Crippen molar-refractivity contribution in [2.45, 2.75) is 50.7 Å². The van der Waals surface area contributed by atoms with E-state index in [-0.39, 0.29) is 31.4 Å². The molecule has 0 aromatic heterocycles. The highest BCUT2D eigenvalue weighted by Crippen LogP contribution is 2.12. The van der Waals surface area contributed by atoms with Gasteiger partial charge in [0.25, 0.3) is 5.91 Å². The van der Waals surface area contributed by atoms with E-state index in [2.05, 4.69) is 26.5 Å². The summed E-state index contributed by atoms with van der Waals surface area (Å²) in [5.74, 6) is -3.64. The van der Waals surface area contributed by atoms with Gasteiger partial charge < -0.3 is 31.9 Å². The number of hydrogen-bond donors (Lipinski definition) is 7. The van der Waals surface area contributed by atoms with Gasteiger partial charge in [-0.3, -0.25) is 24.5 Å². The molecule has 2 aromatic rings. The summed E-state index contributed by atoms with van der Waals surface area (Å²) in [7, 11) is 0. The molecule has 0 spiro atoms. The Hall–Kier alpha value is -5.21. The maximum absolute atomic E-state index is 13.2. The van der Waals surface area contributed by atoms with Gasteiger partial charge in [0.1, 0.15) is 23.9 Å². The lowest BCUT2D eigenvalue weighted by molar-refractivity contribution is -0.480. The lowest BCUT2D eigenvalue weighted by Gasteiger charge is -2.23. The second-order valence-corrected chi connectivity index (χ2v) is 9.08. The van der Waals surface area contributed by atoms with Crippen LogP contribution in [-0.2, 0) is 32.0 Å². The Labute approximate surface area is 235 Å². The molecule has 3 atom stereocenters. The molecule has 15 heteroatoms. The third-order valence-electron chi connectivity index (χ3n) is 5.73. The number of nitro groups is 1. The van der Waals surface area contributed by atoms with Crippen LogP contribution in [0.2, 0.25) is 0 Å². The van der Waals surface area contributed by atoms with Gasteiger partial charge in [0.2, 0.25) is 24.3 Å². The number of phenolic OH excluding ortho intramolecular Hbond substituents is 1. The number of rotatable bonds is 15. The summed E-state index contributed by atoms with van der Waals surface area (Å²) >= 11 is 0. The third kappa shape index (κ3) is 12.0. The first kappa shape index (κ1) is 32.0. The van der Waals surface area contributed by atoms with Crippen LogP contribution in [0.4, 0.5) is 0 Å². The fourth-order valence-electron chi connectivity index (χ4n) is 3.74. The summed E-state index contributed by atoms with van der Waals surface area (Å²) in [6, 6.07) is 11.3. The second-order valence-electron chi connectivity index (χ2n) is 9.08. The molecular weight excluding hydrogens is 538 g/mol. The average molecular weight is 572 g/mol. The quantitative estimate of drug-likeness (QED) is 0.0632. The van der Waals surface area contributed by atoms with E-state index >= 15 is 0 Å². The van der Waals surface area contributed by atoms with Crippen molar-refractivity contribution in [1.82, 2.24) is 21.4 Å². The first-order valence-corrected chi connectivity index (χ1v) is 12.6. The van der Waals surface area contributed by atoms with Gasteiger partial charge in [0.05, 0.1) is 0 Å². The van der Waals surface area contributed by atoms with Gasteiger partial charge in [-0.05, 0) is 29.7 Å². The number of carboxylic acids is 1. The molecule has 2 aromatic carbocycles. The van der Waals surface area contributed by atoms with Crippen molar-refractivity contribution in [2.24, 2.45) is 10.8 Å². The molecule has 0 saturated heterocycles. The van der Waals surface area contributed by atoms with Crippen LogP contribution in [0.25, 0.3) is 0 Å². The topological polar surface area (TPSA) is 238 Å². The maximum Gasteiger partial charge on any atom is 0.326 e. The number of nitrogens with two attached hydrogens (primary N) is 1. The molecule has 0 saturated carbocycles. The summed E-state index contributed by atoms with van der Waals surface area (Å²) < 4.78 is 0. The molecule has 41 heavy (non-hydrogen) atoms. The van der Waals surface area contributed by atoms with Crippen molar-refractivity contribution < 1.29 is 34.3 Å². The number of carbonyl (C=O) groups is 4. The molecule has 0 aliphatic carbocycles. The Balaban J connectivity index is 2.16. The van der Waals surface area contributed by atoms with Crippen molar-refractivity contribution in [3.05, 3.63) is 75.8 Å². The number of nitrogens with one attached hydrogen (secondary N) is 4. The lowest BCUT2D eigenvalue weighted by Crippen LogP contribution is -2.54. The third-order valence-corrected chi connectivity index (χ3v) is 5.73. The number of nitrogens with zero attached hydrogens (tertiary/aromatic N) is 2. The number of carboxylic acid groups (broad SMARTS) is 1. The van der Waals surface area contributed by atoms with E-state index in [1.165, 1.54) is 19.1 Å². The maximum atomic E-state index is 13.2. The fourth-order valence-corrected chi connectivity index (χ4v) is 3.74. The summed E-state index contributed by atoms with van der Waals surface area (Å²) in [5, 5.41) is 40.6. The first-order chi connectivity index (χ1) is 19.4. The molecule has 8 N–H and O–H groups in total. The molecule has 2 rings (SSSR count). The highest BCUT2D eigenvalue weighted by molar-refractivity contribution is 5.93. The largest absolute Gasteiger partial charge is 0.508 e. The predicted octanol–water partition coefficient (Wildman–Crippen LogP) is -0.387. The van der Waals surface area contributed by atoms with Gasteiger partial charge in [-0.1, -0.05) is 42.5 Å². The monoisotopic (exact) mass is 571 g/mol. The highest BCUT2D eigenvalue weighted by atomic mass is 16.6. The molecule has 0 aliphatic rings. The average Bonchev–Trinajstić information content (AvgIpc) is 2.91. The van der Waals surface area contributed by atoms with Gasteiger partial charge >= 0.3 is 5.97 Å². The Bertz CT molecular complexity index is 1240. The van der Waals surface area contributed by atoms with Gasteiger partial charge in [-0.2, -0.15) is 0 Å². The molecule has 0 fully saturated rings. The van der Waals surface area contributed by atoms with Crippen molar-refractivity contribution in [3.63, 3.8) is 0 Å². The number of amides is 3. The molecule has 0 bridgehead atoms. The van der Waals surface area contributed by atoms with Crippen LogP contribution >= 0.6 is 0 Å². The van der Waals surface area contributed by atoms with E-state index in [1.807, 2.05) is 0 Å². The zero-order valence-corrected chi connectivity index (χ0v) is 22.3. The van der Waals surface area contributed by atoms with Gasteiger partial charge in [-0.25, -0.2) is 10.2 Å². The minimum absolute atomic E-state index is 0.0264. The van der Waals surface area contributed by atoms with Crippen LogP contribution in [0, 0.1) is 10.1 Å². The van der Waals surface area contributed by atoms with Crippen molar-refractivity contribution >= 4 is 29.7 Å². The molecule has 0 aliphatic heterocycles. The Morgan fingerprint density at radius 1 is 0.902 bits per heavy atom. The second kappa shape index (κ2) is 16.0. The Morgan fingerprint density at radius 3 is 2.05 bits per heavy atom. The number of aliphatic carboxylic acids is 1. The highest BCUT2D eigenvalue weighted by Gasteiger charge is 2.27. The smallest absolute Gasteiger partial charge is 0.326 e. The zero-order valence-electron chi connectivity index (χ0n) is 22.3. The lowest BCUT2D eigenvalue weighted by atomic mass is 10.0. The summed E-state index contributed by atoms with van der Waals surface area (Å²) in [6.45, 7) is 0.823. The fraction of sp³-hybridized carbons (Fsp3) is 0.346. The number of benzene rings is 2. The first-order valence-electron chi connectivity index (χ1n) is 12.6. The van der Waals surface area contributed by atoms with Crippen molar-refractivity contribution in [1.29, 1.82) is 0 Å². The van der Waals surface area contributed by atoms with E-state index in [9.17, 15) is 39.5 Å². The van der Waals surface area contributed by atoms with Gasteiger partial charge in [-0.15, -0.1) is 5.10 Å². The normalized spacial score (nSPS) is 13.2. The minimum atomic E-state index is -1.32. The number of hydrazone groups is 1. The SMILES string of the molecule is CC(=O)N[C@@H](Cc1ccc(O)cc1)C(=O)N[C@H](Cc1ccccc1)C(=O)NN=C(N)N[C@@H](CCC[N+](=O)[O-])C(=O)O. The van der Waals surface area contributed by atoms with E-state index in [4.69, 9.17) is 5.73 Å². The predicted molar refractivity (Wildman–Crippen MR) is 147 cm³/mol. The summed E-state index contributed by atoms with van der Waals surface area (Å²) in [5.41, 5.74) is 9.26. The Kier molecular flexibility index (Phi) is 12.5. The number of hydrogen-bond acceptors (Lipinski definition) is 8. The van der Waals surface area contributed by atoms with Gasteiger partial charge in [0.15, 0.2) is 0 Å². The number of aromatic hydroxyl groups is 1. The minimum Gasteiger partial charge on any atom is -0.508 e. The standard InChI is InChI=1S/C26H33N7O8/c1-16(34)28-21(15-18-9-11-19(35)12-10-18)23(36)29-22(14-17-6-3-2-4-7-17)24(37)31-32-26(27)30-20(25(38)39)8-5-13-33(40)41/h2-4,6-7,9-12,20-22,35H,5,8,13-15H2,1H3,(H,28,34)(H,29,36)(H,31,37)(H,38,39)(H3,27,30,32)/t20-,21-,22+/m0/s1. The van der Waals surface area contributed by atoms with Gasteiger partial charge in [0, 0.05) is 31.1 Å². The van der Waals surface area contributed by atoms with Crippen LogP contribution in [-0.4, -0.2) is 69.5 Å². The molecular formula is C26H33N7O8. The van der Waals surface area contributed by atoms with Crippen LogP contribution < -0.4 is 27.1 Å². The van der Waals surface area contributed by atoms with Crippen LogP contribution in [0.3, 0.4) is 0 Å². The van der Waals surface area contributed by atoms with Crippen LogP contribution in [0.1, 0.15) is 30.9 Å². The zero-order chi connectivity index (χ0) is 30.4. The van der Waals surface area contributed by atoms with Crippen LogP contribution in [0.15, 0.2) is 59.7 Å². The van der Waals surface area contributed by atoms with Crippen molar-refractivity contribution in [2.75, 3.05) is 6.54 Å². The van der Waals surface area contributed by atoms with E-state index in [0.717, 1.165) is 0 Å². The summed E-state index contributed by atoms with van der Waals surface area (Å²) in [6.07, 6.45) is -0.0144. The number of phenols is 1. The van der Waals surface area contributed by atoms with Crippen molar-refractivity contribution in [3.8, 4) is 5.75 Å². The number of carbonyl (C=O) groups excluding carboxylic acids is 3.